The molecule has 5 atom stereocenters. The molecule has 2 bridgehead atoms. The summed E-state index contributed by atoms with van der Waals surface area (Å²) in [6.07, 6.45) is 0.647. The van der Waals surface area contributed by atoms with Crippen LogP contribution in [0.1, 0.15) is 44.5 Å². The van der Waals surface area contributed by atoms with Crippen LogP contribution >= 0.6 is 0 Å². The van der Waals surface area contributed by atoms with Gasteiger partial charge in [-0.2, -0.15) is 0 Å². The summed E-state index contributed by atoms with van der Waals surface area (Å²) in [6.45, 7) is 5.50. The lowest BCUT2D eigenvalue weighted by Gasteiger charge is -2.35. The average Bonchev–Trinajstić information content (AvgIpc) is 3.76. The zero-order chi connectivity index (χ0) is 38.1. The second-order valence-electron chi connectivity index (χ2n) is 14.4. The van der Waals surface area contributed by atoms with Gasteiger partial charge < -0.3 is 41.3 Å². The van der Waals surface area contributed by atoms with Crippen LogP contribution in [0.5, 0.6) is 0 Å². The van der Waals surface area contributed by atoms with Crippen LogP contribution < -0.4 is 26.6 Å². The van der Waals surface area contributed by atoms with E-state index in [2.05, 4.69) is 36.9 Å². The number of aliphatic hydroxyl groups excluding tert-OH is 1. The number of rotatable bonds is 5. The Morgan fingerprint density at radius 3 is 2.30 bits per heavy atom. The van der Waals surface area contributed by atoms with Gasteiger partial charge in [-0.1, -0.05) is 80.6 Å². The highest BCUT2D eigenvalue weighted by Crippen LogP contribution is 2.34. The second kappa shape index (κ2) is 17.6. The Bertz CT molecular complexity index is 1740. The lowest BCUT2D eigenvalue weighted by Crippen LogP contribution is -2.57. The Morgan fingerprint density at radius 1 is 0.906 bits per heavy atom. The van der Waals surface area contributed by atoms with Gasteiger partial charge in [0.15, 0.2) is 0 Å². The van der Waals surface area contributed by atoms with Crippen LogP contribution in [0.25, 0.3) is 11.1 Å². The van der Waals surface area contributed by atoms with Crippen molar-refractivity contribution >= 4 is 29.5 Å². The third-order valence-electron chi connectivity index (χ3n) is 9.15. The van der Waals surface area contributed by atoms with Gasteiger partial charge in [0.2, 0.25) is 29.5 Å². The predicted octanol–water partition coefficient (Wildman–Crippen LogP) is -0.312. The summed E-state index contributed by atoms with van der Waals surface area (Å²) in [6, 6.07) is 13.3. The molecule has 2 aliphatic heterocycles. The molecule has 2 aromatic carbocycles. The van der Waals surface area contributed by atoms with Crippen LogP contribution in [0.2, 0.25) is 0 Å². The van der Waals surface area contributed by atoms with Crippen molar-refractivity contribution in [2.24, 2.45) is 5.41 Å². The minimum absolute atomic E-state index is 0.0394. The number of aromatic nitrogens is 3. The average molecular weight is 732 g/mol. The van der Waals surface area contributed by atoms with E-state index >= 15 is 0 Å². The molecule has 3 heterocycles. The number of nitrogens with one attached hydrogen (secondary N) is 5. The Labute approximate surface area is 308 Å². The summed E-state index contributed by atoms with van der Waals surface area (Å²) in [5, 5.41) is 32.8. The molecule has 0 saturated carbocycles. The Balaban J connectivity index is 1.44. The van der Waals surface area contributed by atoms with Crippen molar-refractivity contribution in [1.29, 1.82) is 0 Å². The highest BCUT2D eigenvalue weighted by Gasteiger charge is 2.46. The largest absolute Gasteiger partial charge is 0.391 e. The van der Waals surface area contributed by atoms with E-state index in [1.54, 1.807) is 13.2 Å². The molecular weight excluding hydrogens is 682 g/mol. The van der Waals surface area contributed by atoms with E-state index in [-0.39, 0.29) is 45.7 Å². The maximum Gasteiger partial charge on any atom is 0.248 e. The van der Waals surface area contributed by atoms with Crippen LogP contribution in [0.15, 0.2) is 60.8 Å². The van der Waals surface area contributed by atoms with Crippen molar-refractivity contribution in [1.82, 2.24) is 46.5 Å². The summed E-state index contributed by atoms with van der Waals surface area (Å²) in [5.74, 6) is -2.78. The molecule has 1 saturated heterocycles. The van der Waals surface area contributed by atoms with Crippen molar-refractivity contribution in [3.05, 3.63) is 72.1 Å². The summed E-state index contributed by atoms with van der Waals surface area (Å²) >= 11 is 0. The van der Waals surface area contributed by atoms with E-state index < -0.39 is 71.8 Å². The Morgan fingerprint density at radius 2 is 1.60 bits per heavy atom. The van der Waals surface area contributed by atoms with Gasteiger partial charge >= 0.3 is 0 Å². The number of aliphatic hydroxyl groups is 1. The smallest absolute Gasteiger partial charge is 0.248 e. The van der Waals surface area contributed by atoms with E-state index in [0.717, 1.165) is 16.7 Å². The number of carbonyl (C=O) groups excluding carboxylic acids is 5. The molecule has 6 N–H and O–H groups in total. The summed E-state index contributed by atoms with van der Waals surface area (Å²) < 4.78 is 7.12. The molecule has 3 aromatic rings. The van der Waals surface area contributed by atoms with E-state index in [4.69, 9.17) is 4.74 Å². The molecule has 16 heteroatoms. The van der Waals surface area contributed by atoms with Gasteiger partial charge in [-0.3, -0.25) is 24.0 Å². The SMILES string of the molecule is CNC[C@H]1NC(=O)CNC(=O)[C@@H](Cc2ccc(-c3ccccc3)cc2)NC(=O)[C@@H]2C[C@@H](O)CN2C(=O)[C@H](C(C)(C)C)n2cc(nn2)COCCNC1=O. The van der Waals surface area contributed by atoms with Gasteiger partial charge in [0, 0.05) is 32.5 Å². The summed E-state index contributed by atoms with van der Waals surface area (Å²) in [7, 11) is 1.64. The Kier molecular flexibility index (Phi) is 12.9. The fourth-order valence-electron chi connectivity index (χ4n) is 6.52. The van der Waals surface area contributed by atoms with E-state index in [9.17, 15) is 29.1 Å². The number of carbonyl (C=O) groups is 5. The van der Waals surface area contributed by atoms with Crippen LogP contribution in [-0.2, 0) is 41.7 Å². The van der Waals surface area contributed by atoms with Gasteiger partial charge in [-0.15, -0.1) is 5.10 Å². The molecule has 53 heavy (non-hydrogen) atoms. The van der Waals surface area contributed by atoms with Crippen LogP contribution in [0.4, 0.5) is 0 Å². The monoisotopic (exact) mass is 731 g/mol. The van der Waals surface area contributed by atoms with Crippen molar-refractivity contribution < 1.29 is 33.8 Å². The first kappa shape index (κ1) is 39.0. The second-order valence-corrected chi connectivity index (χ2v) is 14.4. The van der Waals surface area contributed by atoms with Gasteiger partial charge in [0.1, 0.15) is 29.9 Å². The quantitative estimate of drug-likeness (QED) is 0.202. The minimum Gasteiger partial charge on any atom is -0.391 e. The number of hydrogen-bond donors (Lipinski definition) is 6. The van der Waals surface area contributed by atoms with Crippen molar-refractivity contribution in [3.8, 4) is 11.1 Å². The predicted molar refractivity (Wildman–Crippen MR) is 194 cm³/mol. The third kappa shape index (κ3) is 10.2. The zero-order valence-electron chi connectivity index (χ0n) is 30.5. The molecule has 5 rings (SSSR count). The normalized spacial score (nSPS) is 24.2. The molecule has 0 spiro atoms. The molecule has 1 aromatic heterocycles. The molecular formula is C37H49N9O7. The molecule has 5 amide bonds. The van der Waals surface area contributed by atoms with Crippen LogP contribution in [-0.4, -0.2) is 119 Å². The number of ether oxygens (including phenoxy) is 1. The van der Waals surface area contributed by atoms with Gasteiger partial charge in [0.05, 0.1) is 32.1 Å². The van der Waals surface area contributed by atoms with Gasteiger partial charge in [-0.05, 0) is 29.2 Å². The fourth-order valence-corrected chi connectivity index (χ4v) is 6.52. The molecule has 16 nitrogen and oxygen atoms in total. The zero-order valence-corrected chi connectivity index (χ0v) is 30.5. The molecule has 284 valence electrons. The minimum atomic E-state index is -1.15. The van der Waals surface area contributed by atoms with Crippen molar-refractivity contribution in [2.75, 3.05) is 39.8 Å². The lowest BCUT2D eigenvalue weighted by molar-refractivity contribution is -0.144. The van der Waals surface area contributed by atoms with Gasteiger partial charge in [-0.25, -0.2) is 4.68 Å². The maximum atomic E-state index is 14.3. The third-order valence-corrected chi connectivity index (χ3v) is 9.15. The van der Waals surface area contributed by atoms with Crippen LogP contribution in [0.3, 0.4) is 0 Å². The molecule has 0 unspecified atom stereocenters. The molecule has 2 aliphatic rings. The summed E-state index contributed by atoms with van der Waals surface area (Å²) in [5.41, 5.74) is 2.48. The fraction of sp³-hybridized carbons (Fsp3) is 0.486. The lowest BCUT2D eigenvalue weighted by atomic mass is 9.85. The number of likely N-dealkylation sites (N-methyl/N-ethyl adjacent to an activating group) is 1. The Hall–Kier alpha value is -5.19. The highest BCUT2D eigenvalue weighted by atomic mass is 16.5. The highest BCUT2D eigenvalue weighted by molar-refractivity contribution is 5.95. The van der Waals surface area contributed by atoms with Crippen LogP contribution in [0, 0.1) is 5.41 Å². The summed E-state index contributed by atoms with van der Waals surface area (Å²) in [4.78, 5) is 69.3. The van der Waals surface area contributed by atoms with E-state index in [1.165, 1.54) is 9.58 Å². The number of fused-ring (bicyclic) bond motifs is 3. The number of amides is 5. The van der Waals surface area contributed by atoms with Gasteiger partial charge in [0.25, 0.3) is 0 Å². The first-order valence-corrected chi connectivity index (χ1v) is 17.7. The number of nitrogens with zero attached hydrogens (tertiary/aromatic N) is 4. The number of benzene rings is 2. The van der Waals surface area contributed by atoms with E-state index in [1.807, 2.05) is 75.4 Å². The maximum absolute atomic E-state index is 14.3. The molecule has 0 radical (unpaired) electrons. The van der Waals surface area contributed by atoms with Crippen molar-refractivity contribution in [3.63, 3.8) is 0 Å². The first-order valence-electron chi connectivity index (χ1n) is 17.7. The van der Waals surface area contributed by atoms with Crippen molar-refractivity contribution in [2.45, 2.75) is 70.5 Å². The topological polar surface area (TPSA) is 209 Å². The first-order chi connectivity index (χ1) is 25.3. The molecule has 1 fully saturated rings. The molecule has 0 aliphatic carbocycles. The van der Waals surface area contributed by atoms with E-state index in [0.29, 0.717) is 5.69 Å². The number of hydrogen-bond acceptors (Lipinski definition) is 10. The standard InChI is InChI=1S/C37H49N9O7/c1-37(2,3)32-36(52)45-21-27(47)17-30(45)35(51)42-28(16-23-10-12-25(13-11-23)24-8-6-5-7-9-24)33(49)40-19-31(48)41-29(18-38-4)34(50)39-14-15-53-22-26-20-46(32)44-43-26/h5-13,20,27-30,32,38,47H,14-19,21-22H2,1-4H3,(H,39,50)(H,40,49)(H,41,48)(H,42,51)/t27-,28-,29-,30+,32-/m1/s1.